The molecule has 1 atom stereocenters. The molecule has 2 amide bonds. The molecule has 1 heterocycles. The number of nitrogens with zero attached hydrogens (tertiary/aromatic N) is 1. The van der Waals surface area contributed by atoms with Crippen molar-refractivity contribution in [3.63, 3.8) is 0 Å². The highest BCUT2D eigenvalue weighted by Crippen LogP contribution is 2.33. The molecule has 27 heavy (non-hydrogen) atoms. The van der Waals surface area contributed by atoms with Crippen molar-refractivity contribution in [2.45, 2.75) is 25.1 Å². The van der Waals surface area contributed by atoms with Crippen molar-refractivity contribution in [1.82, 2.24) is 10.3 Å². The van der Waals surface area contributed by atoms with Crippen molar-refractivity contribution in [3.8, 4) is 0 Å². The number of nitrogens with one attached hydrogen (secondary N) is 2. The summed E-state index contributed by atoms with van der Waals surface area (Å²) >= 11 is 5.24. The standard InChI is InChI=1S/C14H13ClF3N3O6/c15-4-9(22)20-6-3-7(14(16,17)18)11(19-5-6)12(25)21-8(13(26)27)1-2-10(23)24/h3,5,8H,1-2,4H2,(H,20,22)(H,21,25)(H,23,24)(H,26,27). The van der Waals surface area contributed by atoms with Gasteiger partial charge >= 0.3 is 18.1 Å². The maximum atomic E-state index is 13.2. The topological polar surface area (TPSA) is 146 Å². The normalized spacial score (nSPS) is 12.1. The Labute approximate surface area is 154 Å². The van der Waals surface area contributed by atoms with Crippen molar-refractivity contribution < 1.29 is 42.6 Å². The molecule has 0 bridgehead atoms. The minimum Gasteiger partial charge on any atom is -0.481 e. The van der Waals surface area contributed by atoms with Gasteiger partial charge in [0.1, 0.15) is 17.6 Å². The summed E-state index contributed by atoms with van der Waals surface area (Å²) in [6.45, 7) is 0. The van der Waals surface area contributed by atoms with Crippen LogP contribution in [0.3, 0.4) is 0 Å². The number of carbonyl (C=O) groups is 4. The number of rotatable bonds is 8. The van der Waals surface area contributed by atoms with Gasteiger partial charge in [-0.3, -0.25) is 14.4 Å². The summed E-state index contributed by atoms with van der Waals surface area (Å²) in [6, 6.07) is -1.29. The number of hydrogen-bond acceptors (Lipinski definition) is 5. The van der Waals surface area contributed by atoms with Gasteiger partial charge in [-0.1, -0.05) is 0 Å². The first kappa shape index (κ1) is 22.2. The van der Waals surface area contributed by atoms with Gasteiger partial charge in [0, 0.05) is 6.42 Å². The fourth-order valence-electron chi connectivity index (χ4n) is 1.88. The Morgan fingerprint density at radius 2 is 1.85 bits per heavy atom. The molecule has 13 heteroatoms. The number of carboxylic acid groups (broad SMARTS) is 2. The number of aliphatic carboxylic acids is 2. The average Bonchev–Trinajstić information content (AvgIpc) is 2.56. The van der Waals surface area contributed by atoms with Gasteiger partial charge in [0.05, 0.1) is 17.4 Å². The Kier molecular flexibility index (Phi) is 7.52. The molecular formula is C14H13ClF3N3O6. The summed E-state index contributed by atoms with van der Waals surface area (Å²) in [5.41, 5.74) is -3.02. The van der Waals surface area contributed by atoms with E-state index in [2.05, 4.69) is 4.98 Å². The largest absolute Gasteiger partial charge is 0.481 e. The zero-order chi connectivity index (χ0) is 20.8. The first-order valence-electron chi connectivity index (χ1n) is 7.14. The van der Waals surface area contributed by atoms with Crippen LogP contribution in [0, 0.1) is 0 Å². The van der Waals surface area contributed by atoms with Gasteiger partial charge in [-0.05, 0) is 12.5 Å². The first-order valence-corrected chi connectivity index (χ1v) is 7.67. The summed E-state index contributed by atoms with van der Waals surface area (Å²) in [6.07, 6.45) is -5.44. The molecule has 1 aromatic rings. The molecule has 4 N–H and O–H groups in total. The zero-order valence-corrected chi connectivity index (χ0v) is 14.1. The second-order valence-electron chi connectivity index (χ2n) is 5.10. The lowest BCUT2D eigenvalue weighted by atomic mass is 10.1. The Bertz CT molecular complexity index is 756. The highest BCUT2D eigenvalue weighted by Gasteiger charge is 2.37. The molecule has 1 rings (SSSR count). The van der Waals surface area contributed by atoms with Crippen LogP contribution >= 0.6 is 11.6 Å². The highest BCUT2D eigenvalue weighted by molar-refractivity contribution is 6.29. The molecule has 1 unspecified atom stereocenters. The molecule has 1 aromatic heterocycles. The van der Waals surface area contributed by atoms with E-state index in [4.69, 9.17) is 21.8 Å². The second-order valence-corrected chi connectivity index (χ2v) is 5.36. The monoisotopic (exact) mass is 411 g/mol. The molecule has 0 spiro atoms. The number of pyridine rings is 1. The first-order chi connectivity index (χ1) is 12.5. The zero-order valence-electron chi connectivity index (χ0n) is 13.3. The van der Waals surface area contributed by atoms with Gasteiger partial charge in [-0.2, -0.15) is 13.2 Å². The number of amides is 2. The van der Waals surface area contributed by atoms with E-state index in [0.29, 0.717) is 6.07 Å². The number of carboxylic acids is 2. The molecule has 0 saturated carbocycles. The fourth-order valence-corrected chi connectivity index (χ4v) is 1.94. The highest BCUT2D eigenvalue weighted by atomic mass is 35.5. The third-order valence-electron chi connectivity index (χ3n) is 3.06. The molecule has 0 aromatic carbocycles. The number of carbonyl (C=O) groups excluding carboxylic acids is 2. The number of anilines is 1. The molecule has 148 valence electrons. The maximum Gasteiger partial charge on any atom is 0.418 e. The SMILES string of the molecule is O=C(O)CCC(NC(=O)c1ncc(NC(=O)CCl)cc1C(F)(F)F)C(=O)O. The predicted octanol–water partition coefficient (Wildman–Crippen LogP) is 1.33. The lowest BCUT2D eigenvalue weighted by molar-refractivity contribution is -0.140. The number of alkyl halides is 4. The fraction of sp³-hybridized carbons (Fsp3) is 0.357. The summed E-state index contributed by atoms with van der Waals surface area (Å²) in [5, 5.41) is 21.4. The molecular weight excluding hydrogens is 399 g/mol. The van der Waals surface area contributed by atoms with Crippen molar-refractivity contribution in [2.24, 2.45) is 0 Å². The molecule has 0 saturated heterocycles. The van der Waals surface area contributed by atoms with E-state index in [1.165, 1.54) is 0 Å². The van der Waals surface area contributed by atoms with E-state index in [0.717, 1.165) is 6.20 Å². The summed E-state index contributed by atoms with van der Waals surface area (Å²) in [5.74, 6) is -5.75. The van der Waals surface area contributed by atoms with Crippen LogP contribution in [0.5, 0.6) is 0 Å². The van der Waals surface area contributed by atoms with E-state index in [1.807, 2.05) is 5.32 Å². The molecule has 0 aliphatic rings. The van der Waals surface area contributed by atoms with E-state index in [1.54, 1.807) is 5.32 Å². The maximum absolute atomic E-state index is 13.2. The van der Waals surface area contributed by atoms with Gasteiger partial charge in [0.25, 0.3) is 5.91 Å². The van der Waals surface area contributed by atoms with Crippen molar-refractivity contribution in [2.75, 3.05) is 11.2 Å². The van der Waals surface area contributed by atoms with Crippen LogP contribution in [-0.4, -0.2) is 50.9 Å². The van der Waals surface area contributed by atoms with Crippen LogP contribution in [-0.2, 0) is 20.6 Å². The van der Waals surface area contributed by atoms with E-state index in [-0.39, 0.29) is 5.69 Å². The molecule has 0 fully saturated rings. The van der Waals surface area contributed by atoms with Crippen molar-refractivity contribution in [3.05, 3.63) is 23.5 Å². The van der Waals surface area contributed by atoms with Crippen LogP contribution in [0.1, 0.15) is 28.9 Å². The van der Waals surface area contributed by atoms with Crippen LogP contribution in [0.25, 0.3) is 0 Å². The quantitative estimate of drug-likeness (QED) is 0.472. The summed E-state index contributed by atoms with van der Waals surface area (Å²) in [7, 11) is 0. The molecule has 0 radical (unpaired) electrons. The molecule has 0 aliphatic heterocycles. The van der Waals surface area contributed by atoms with Crippen LogP contribution in [0.2, 0.25) is 0 Å². The van der Waals surface area contributed by atoms with Gasteiger partial charge < -0.3 is 20.8 Å². The predicted molar refractivity (Wildman–Crippen MR) is 84.3 cm³/mol. The number of aromatic nitrogens is 1. The van der Waals surface area contributed by atoms with Crippen LogP contribution in [0.15, 0.2) is 12.3 Å². The van der Waals surface area contributed by atoms with E-state index >= 15 is 0 Å². The second kappa shape index (κ2) is 9.16. The lowest BCUT2D eigenvalue weighted by Crippen LogP contribution is -2.42. The van der Waals surface area contributed by atoms with Crippen LogP contribution < -0.4 is 10.6 Å². The van der Waals surface area contributed by atoms with E-state index < -0.39 is 66.0 Å². The number of hydrogen-bond donors (Lipinski definition) is 4. The number of halogens is 4. The van der Waals surface area contributed by atoms with E-state index in [9.17, 15) is 32.3 Å². The summed E-state index contributed by atoms with van der Waals surface area (Å²) < 4.78 is 39.6. The Morgan fingerprint density at radius 1 is 1.22 bits per heavy atom. The van der Waals surface area contributed by atoms with Crippen molar-refractivity contribution >= 4 is 41.0 Å². The Morgan fingerprint density at radius 3 is 2.33 bits per heavy atom. The van der Waals surface area contributed by atoms with Gasteiger partial charge in [-0.15, -0.1) is 11.6 Å². The van der Waals surface area contributed by atoms with Crippen molar-refractivity contribution in [1.29, 1.82) is 0 Å². The summed E-state index contributed by atoms with van der Waals surface area (Å²) in [4.78, 5) is 48.1. The Balaban J connectivity index is 3.15. The third kappa shape index (κ3) is 6.73. The van der Waals surface area contributed by atoms with Gasteiger partial charge in [-0.25, -0.2) is 9.78 Å². The van der Waals surface area contributed by atoms with Gasteiger partial charge in [0.2, 0.25) is 5.91 Å². The average molecular weight is 412 g/mol. The molecule has 9 nitrogen and oxygen atoms in total. The van der Waals surface area contributed by atoms with Gasteiger partial charge in [0.15, 0.2) is 0 Å². The minimum absolute atomic E-state index is 0.370. The smallest absolute Gasteiger partial charge is 0.418 e. The minimum atomic E-state index is -5.04. The Hall–Kier alpha value is -2.89. The lowest BCUT2D eigenvalue weighted by Gasteiger charge is -2.17. The molecule has 0 aliphatic carbocycles. The van der Waals surface area contributed by atoms with Crippen LogP contribution in [0.4, 0.5) is 18.9 Å². The third-order valence-corrected chi connectivity index (χ3v) is 3.31.